The largest absolute Gasteiger partial charge is 0.453 e. The molecule has 2 aliphatic rings. The highest BCUT2D eigenvalue weighted by Gasteiger charge is 2.40. The SMILES string of the molecule is CC(=O)c1cc2ccc(C(=O)NC3CC4CNC3C4)cc2o1. The lowest BCUT2D eigenvalue weighted by Gasteiger charge is -2.23. The predicted molar refractivity (Wildman–Crippen MR) is 82.0 cm³/mol. The summed E-state index contributed by atoms with van der Waals surface area (Å²) in [6.07, 6.45) is 2.21. The van der Waals surface area contributed by atoms with Crippen molar-refractivity contribution >= 4 is 22.7 Å². The Balaban J connectivity index is 1.55. The van der Waals surface area contributed by atoms with Crippen molar-refractivity contribution in [3.05, 3.63) is 35.6 Å². The first-order chi connectivity index (χ1) is 10.6. The maximum atomic E-state index is 12.4. The van der Waals surface area contributed by atoms with E-state index in [-0.39, 0.29) is 17.7 Å². The number of carbonyl (C=O) groups is 2. The molecule has 0 spiro atoms. The van der Waals surface area contributed by atoms with E-state index in [1.807, 2.05) is 6.07 Å². The van der Waals surface area contributed by atoms with Gasteiger partial charge in [-0.15, -0.1) is 0 Å². The zero-order valence-corrected chi connectivity index (χ0v) is 12.4. The van der Waals surface area contributed by atoms with Crippen LogP contribution in [0.1, 0.15) is 40.7 Å². The zero-order chi connectivity index (χ0) is 15.3. The Morgan fingerprint density at radius 3 is 2.82 bits per heavy atom. The van der Waals surface area contributed by atoms with Gasteiger partial charge < -0.3 is 15.1 Å². The number of nitrogens with one attached hydrogen (secondary N) is 2. The summed E-state index contributed by atoms with van der Waals surface area (Å²) in [6.45, 7) is 2.54. The summed E-state index contributed by atoms with van der Waals surface area (Å²) in [4.78, 5) is 23.8. The molecule has 1 amide bonds. The Morgan fingerprint density at radius 2 is 2.14 bits per heavy atom. The first kappa shape index (κ1) is 13.5. The van der Waals surface area contributed by atoms with Crippen LogP contribution in [-0.2, 0) is 0 Å². The lowest BCUT2D eigenvalue weighted by molar-refractivity contribution is 0.0928. The van der Waals surface area contributed by atoms with E-state index >= 15 is 0 Å². The van der Waals surface area contributed by atoms with Gasteiger partial charge in [-0.25, -0.2) is 0 Å². The number of furan rings is 1. The molecule has 0 radical (unpaired) electrons. The number of rotatable bonds is 3. The Bertz CT molecular complexity index is 764. The van der Waals surface area contributed by atoms with E-state index in [1.54, 1.807) is 18.2 Å². The molecule has 2 aromatic rings. The summed E-state index contributed by atoms with van der Waals surface area (Å²) in [5.74, 6) is 0.822. The highest BCUT2D eigenvalue weighted by atomic mass is 16.3. The van der Waals surface area contributed by atoms with Gasteiger partial charge in [-0.1, -0.05) is 6.07 Å². The predicted octanol–water partition coefficient (Wildman–Crippen LogP) is 2.12. The van der Waals surface area contributed by atoms with Gasteiger partial charge >= 0.3 is 0 Å². The first-order valence-corrected chi connectivity index (χ1v) is 7.69. The van der Waals surface area contributed by atoms with E-state index in [0.29, 0.717) is 28.9 Å². The van der Waals surface area contributed by atoms with Crippen LogP contribution in [-0.4, -0.2) is 30.3 Å². The van der Waals surface area contributed by atoms with Gasteiger partial charge in [0.1, 0.15) is 5.58 Å². The summed E-state index contributed by atoms with van der Waals surface area (Å²) in [5, 5.41) is 7.38. The second-order valence-electron chi connectivity index (χ2n) is 6.35. The van der Waals surface area contributed by atoms with Crippen molar-refractivity contribution < 1.29 is 14.0 Å². The minimum Gasteiger partial charge on any atom is -0.453 e. The summed E-state index contributed by atoms with van der Waals surface area (Å²) in [6, 6.07) is 7.63. The minimum absolute atomic E-state index is 0.0815. The van der Waals surface area contributed by atoms with Crippen molar-refractivity contribution in [1.82, 2.24) is 10.6 Å². The van der Waals surface area contributed by atoms with Gasteiger partial charge in [-0.05, 0) is 43.5 Å². The second-order valence-corrected chi connectivity index (χ2v) is 6.35. The molecule has 3 unspecified atom stereocenters. The molecule has 114 valence electrons. The van der Waals surface area contributed by atoms with Gasteiger partial charge in [-0.3, -0.25) is 9.59 Å². The highest BCUT2D eigenvalue weighted by molar-refractivity contribution is 6.00. The molecular weight excluding hydrogens is 280 g/mol. The lowest BCUT2D eigenvalue weighted by Crippen LogP contribution is -2.47. The van der Waals surface area contributed by atoms with Gasteiger partial charge in [-0.2, -0.15) is 0 Å². The summed E-state index contributed by atoms with van der Waals surface area (Å²) in [7, 11) is 0. The van der Waals surface area contributed by atoms with Crippen LogP contribution >= 0.6 is 0 Å². The van der Waals surface area contributed by atoms with Crippen molar-refractivity contribution in [1.29, 1.82) is 0 Å². The number of hydrogen-bond acceptors (Lipinski definition) is 4. The molecule has 3 atom stereocenters. The molecule has 1 aliphatic carbocycles. The maximum Gasteiger partial charge on any atom is 0.251 e. The number of fused-ring (bicyclic) bond motifs is 3. The van der Waals surface area contributed by atoms with Gasteiger partial charge in [0.25, 0.3) is 5.91 Å². The summed E-state index contributed by atoms with van der Waals surface area (Å²) >= 11 is 0. The molecule has 4 rings (SSSR count). The number of amides is 1. The number of ketones is 1. The summed E-state index contributed by atoms with van der Waals surface area (Å²) < 4.78 is 5.50. The van der Waals surface area contributed by atoms with E-state index in [2.05, 4.69) is 10.6 Å². The monoisotopic (exact) mass is 298 g/mol. The lowest BCUT2D eigenvalue weighted by atomic mass is 10.1. The maximum absolute atomic E-state index is 12.4. The molecule has 2 N–H and O–H groups in total. The fraction of sp³-hybridized carbons (Fsp3) is 0.412. The Labute approximate surface area is 128 Å². The van der Waals surface area contributed by atoms with Crippen molar-refractivity contribution in [2.45, 2.75) is 31.8 Å². The quantitative estimate of drug-likeness (QED) is 0.851. The van der Waals surface area contributed by atoms with Crippen LogP contribution < -0.4 is 10.6 Å². The fourth-order valence-corrected chi connectivity index (χ4v) is 3.61. The van der Waals surface area contributed by atoms with Gasteiger partial charge in [0.2, 0.25) is 0 Å². The third-order valence-electron chi connectivity index (χ3n) is 4.77. The molecule has 1 aromatic carbocycles. The molecule has 1 saturated heterocycles. The van der Waals surface area contributed by atoms with E-state index in [0.717, 1.165) is 24.8 Å². The molecule has 1 aliphatic heterocycles. The summed E-state index contributed by atoms with van der Waals surface area (Å²) in [5.41, 5.74) is 1.14. The number of carbonyl (C=O) groups excluding carboxylic acids is 2. The normalized spacial score (nSPS) is 26.5. The number of hydrogen-bond donors (Lipinski definition) is 2. The van der Waals surface area contributed by atoms with Gasteiger partial charge in [0, 0.05) is 30.0 Å². The minimum atomic E-state index is -0.116. The molecular formula is C17H18N2O3. The average Bonchev–Trinajstić information content (AvgIpc) is 3.20. The number of benzene rings is 1. The van der Waals surface area contributed by atoms with Crippen molar-refractivity contribution in [2.24, 2.45) is 5.92 Å². The van der Waals surface area contributed by atoms with Crippen molar-refractivity contribution in [2.75, 3.05) is 6.54 Å². The third-order valence-corrected chi connectivity index (χ3v) is 4.77. The highest BCUT2D eigenvalue weighted by Crippen LogP contribution is 2.31. The second kappa shape index (κ2) is 4.95. The Hall–Kier alpha value is -2.14. The van der Waals surface area contributed by atoms with Crippen LogP contribution in [0.2, 0.25) is 0 Å². The molecule has 5 heteroatoms. The van der Waals surface area contributed by atoms with E-state index in [1.165, 1.54) is 6.92 Å². The fourth-order valence-electron chi connectivity index (χ4n) is 3.61. The molecule has 2 bridgehead atoms. The molecule has 2 fully saturated rings. The van der Waals surface area contributed by atoms with Crippen molar-refractivity contribution in [3.63, 3.8) is 0 Å². The number of Topliss-reactive ketones (excluding diaryl/α,β-unsaturated/α-hetero) is 1. The van der Waals surface area contributed by atoms with Crippen LogP contribution in [0.25, 0.3) is 11.0 Å². The van der Waals surface area contributed by atoms with E-state index < -0.39 is 0 Å². The van der Waals surface area contributed by atoms with E-state index in [9.17, 15) is 9.59 Å². The topological polar surface area (TPSA) is 71.3 Å². The van der Waals surface area contributed by atoms with Crippen LogP contribution in [0.4, 0.5) is 0 Å². The van der Waals surface area contributed by atoms with Gasteiger partial charge in [0.15, 0.2) is 11.5 Å². The average molecular weight is 298 g/mol. The van der Waals surface area contributed by atoms with Crippen LogP contribution in [0, 0.1) is 5.92 Å². The van der Waals surface area contributed by atoms with Crippen LogP contribution in [0.5, 0.6) is 0 Å². The zero-order valence-electron chi connectivity index (χ0n) is 12.4. The van der Waals surface area contributed by atoms with E-state index in [4.69, 9.17) is 4.42 Å². The number of piperidine rings is 1. The Morgan fingerprint density at radius 1 is 1.27 bits per heavy atom. The molecule has 1 saturated carbocycles. The molecule has 22 heavy (non-hydrogen) atoms. The smallest absolute Gasteiger partial charge is 0.251 e. The molecule has 1 aromatic heterocycles. The Kier molecular flexibility index (Phi) is 3.04. The van der Waals surface area contributed by atoms with Crippen molar-refractivity contribution in [3.8, 4) is 0 Å². The third kappa shape index (κ3) is 2.22. The van der Waals surface area contributed by atoms with Crippen LogP contribution in [0.3, 0.4) is 0 Å². The standard InChI is InChI=1S/C17H18N2O3/c1-9(20)15-6-11-2-3-12(7-16(11)22-15)17(21)19-14-5-10-4-13(14)18-8-10/h2-3,6-7,10,13-14,18H,4-5,8H2,1H3,(H,19,21). The first-order valence-electron chi connectivity index (χ1n) is 7.69. The molecule has 2 heterocycles. The van der Waals surface area contributed by atoms with Crippen LogP contribution in [0.15, 0.2) is 28.7 Å². The molecule has 5 nitrogen and oxygen atoms in total. The van der Waals surface area contributed by atoms with Gasteiger partial charge in [0.05, 0.1) is 0 Å².